The number of amides is 1. The molecule has 164 valence electrons. The van der Waals surface area contributed by atoms with Gasteiger partial charge in [0.15, 0.2) is 11.2 Å². The maximum atomic E-state index is 12.8. The van der Waals surface area contributed by atoms with Crippen LogP contribution in [-0.4, -0.2) is 30.5 Å². The monoisotopic (exact) mass is 442 g/mol. The smallest absolute Gasteiger partial charge is 0.325 e. The Hall–Kier alpha value is -4.02. The van der Waals surface area contributed by atoms with E-state index in [1.807, 2.05) is 31.2 Å². The van der Waals surface area contributed by atoms with E-state index in [4.69, 9.17) is 0 Å². The molecule has 4 rings (SSSR count). The third-order valence-corrected chi connectivity index (χ3v) is 4.86. The zero-order valence-electron chi connectivity index (χ0n) is 16.8. The highest BCUT2D eigenvalue weighted by molar-refractivity contribution is 5.90. The van der Waals surface area contributed by atoms with E-state index in [2.05, 4.69) is 20.6 Å². The Morgan fingerprint density at radius 2 is 1.91 bits per heavy atom. The number of alkyl halides is 3. The molecule has 0 unspecified atom stereocenters. The van der Waals surface area contributed by atoms with Crippen LogP contribution in [0.4, 0.5) is 18.9 Å². The lowest BCUT2D eigenvalue weighted by atomic mass is 10.1. The first-order valence-corrected chi connectivity index (χ1v) is 9.52. The summed E-state index contributed by atoms with van der Waals surface area (Å²) in [5.74, 6) is -0.681. The van der Waals surface area contributed by atoms with Gasteiger partial charge in [0.1, 0.15) is 12.9 Å². The van der Waals surface area contributed by atoms with E-state index in [0.717, 1.165) is 27.8 Å². The molecule has 0 spiro atoms. The Morgan fingerprint density at radius 3 is 2.66 bits per heavy atom. The number of hydrogen-bond donors (Lipinski definition) is 1. The van der Waals surface area contributed by atoms with Crippen molar-refractivity contribution in [1.82, 2.24) is 24.5 Å². The topological polar surface area (TPSA) is 94.7 Å². The zero-order valence-corrected chi connectivity index (χ0v) is 16.8. The van der Waals surface area contributed by atoms with Crippen LogP contribution in [0, 0.1) is 6.92 Å². The number of carbonyl (C=O) groups excluding carboxylic acids is 1. The highest BCUT2D eigenvalue weighted by Gasteiger charge is 2.30. The van der Waals surface area contributed by atoms with Crippen LogP contribution in [0.1, 0.15) is 16.7 Å². The largest absolute Gasteiger partial charge is 0.416 e. The molecule has 0 saturated carbocycles. The van der Waals surface area contributed by atoms with E-state index in [1.165, 1.54) is 23.1 Å². The second-order valence-corrected chi connectivity index (χ2v) is 7.15. The van der Waals surface area contributed by atoms with Crippen molar-refractivity contribution in [1.29, 1.82) is 0 Å². The molecular weight excluding hydrogens is 425 g/mol. The first kappa shape index (κ1) is 21.2. The Balaban J connectivity index is 1.53. The summed E-state index contributed by atoms with van der Waals surface area (Å²) in [5.41, 5.74) is 0.810. The van der Waals surface area contributed by atoms with Crippen molar-refractivity contribution in [2.75, 3.05) is 5.32 Å². The molecule has 0 bridgehead atoms. The molecule has 0 saturated heterocycles. The van der Waals surface area contributed by atoms with Crippen LogP contribution < -0.4 is 10.9 Å². The van der Waals surface area contributed by atoms with Crippen LogP contribution in [0.2, 0.25) is 0 Å². The van der Waals surface area contributed by atoms with E-state index in [0.29, 0.717) is 6.54 Å². The molecule has 0 fully saturated rings. The number of nitrogens with zero attached hydrogens (tertiary/aromatic N) is 5. The molecule has 2 aromatic heterocycles. The van der Waals surface area contributed by atoms with Gasteiger partial charge in [-0.3, -0.25) is 14.2 Å². The van der Waals surface area contributed by atoms with Crippen LogP contribution in [0.5, 0.6) is 0 Å². The van der Waals surface area contributed by atoms with E-state index >= 15 is 0 Å². The summed E-state index contributed by atoms with van der Waals surface area (Å²) in [6.45, 7) is 1.89. The average molecular weight is 442 g/mol. The highest BCUT2D eigenvalue weighted by atomic mass is 19.4. The number of benzene rings is 2. The summed E-state index contributed by atoms with van der Waals surface area (Å²) in [7, 11) is 0. The fourth-order valence-electron chi connectivity index (χ4n) is 3.18. The third-order valence-electron chi connectivity index (χ3n) is 4.86. The fourth-order valence-corrected chi connectivity index (χ4v) is 3.18. The first-order valence-electron chi connectivity index (χ1n) is 9.52. The molecular formula is C21H17F3N6O2. The van der Waals surface area contributed by atoms with Crippen molar-refractivity contribution >= 4 is 22.8 Å². The van der Waals surface area contributed by atoms with Crippen molar-refractivity contribution in [3.05, 3.63) is 81.9 Å². The minimum atomic E-state index is -4.53. The number of fused-ring (bicyclic) bond motifs is 1. The van der Waals surface area contributed by atoms with E-state index < -0.39 is 29.8 Å². The molecule has 1 amide bonds. The van der Waals surface area contributed by atoms with E-state index in [1.54, 1.807) is 0 Å². The lowest BCUT2D eigenvalue weighted by Gasteiger charge is -2.10. The SMILES string of the molecule is Cc1ccccc1Cn1nnc2c(=O)n(CC(=O)Nc3cccc(C(F)(F)F)c3)cnc21. The van der Waals surface area contributed by atoms with Gasteiger partial charge in [0.25, 0.3) is 5.56 Å². The number of hydrogen-bond acceptors (Lipinski definition) is 5. The van der Waals surface area contributed by atoms with Gasteiger partial charge in [-0.05, 0) is 36.2 Å². The summed E-state index contributed by atoms with van der Waals surface area (Å²) in [6, 6.07) is 11.9. The Labute approximate surface area is 179 Å². The van der Waals surface area contributed by atoms with Gasteiger partial charge in [-0.25, -0.2) is 9.67 Å². The lowest BCUT2D eigenvalue weighted by molar-refractivity contribution is -0.137. The number of carbonyl (C=O) groups is 1. The second kappa shape index (κ2) is 8.25. The van der Waals surface area contributed by atoms with Gasteiger partial charge in [0.05, 0.1) is 12.1 Å². The maximum absolute atomic E-state index is 12.8. The molecule has 2 heterocycles. The molecule has 8 nitrogen and oxygen atoms in total. The van der Waals surface area contributed by atoms with Crippen molar-refractivity contribution in [3.8, 4) is 0 Å². The molecule has 1 N–H and O–H groups in total. The van der Waals surface area contributed by atoms with Gasteiger partial charge < -0.3 is 5.32 Å². The molecule has 0 radical (unpaired) electrons. The van der Waals surface area contributed by atoms with Gasteiger partial charge in [-0.2, -0.15) is 13.2 Å². The average Bonchev–Trinajstić information content (AvgIpc) is 3.15. The quantitative estimate of drug-likeness (QED) is 0.513. The van der Waals surface area contributed by atoms with E-state index in [9.17, 15) is 22.8 Å². The molecule has 32 heavy (non-hydrogen) atoms. The number of anilines is 1. The van der Waals surface area contributed by atoms with Crippen molar-refractivity contribution in [2.45, 2.75) is 26.2 Å². The normalized spacial score (nSPS) is 11.6. The molecule has 2 aromatic carbocycles. The van der Waals surface area contributed by atoms with Crippen LogP contribution in [0.25, 0.3) is 11.2 Å². The Bertz CT molecular complexity index is 1360. The maximum Gasteiger partial charge on any atom is 0.416 e. The molecule has 0 atom stereocenters. The van der Waals surface area contributed by atoms with E-state index in [-0.39, 0.29) is 16.9 Å². The molecule has 4 aromatic rings. The molecule has 11 heteroatoms. The van der Waals surface area contributed by atoms with Crippen LogP contribution >= 0.6 is 0 Å². The van der Waals surface area contributed by atoms with Gasteiger partial charge in [0, 0.05) is 5.69 Å². The zero-order chi connectivity index (χ0) is 22.9. The number of nitrogens with one attached hydrogen (secondary N) is 1. The lowest BCUT2D eigenvalue weighted by Crippen LogP contribution is -2.28. The number of aryl methyl sites for hydroxylation is 1. The van der Waals surface area contributed by atoms with Crippen LogP contribution in [-0.2, 0) is 24.1 Å². The van der Waals surface area contributed by atoms with Gasteiger partial charge in [-0.15, -0.1) is 5.10 Å². The number of halogens is 3. The third kappa shape index (κ3) is 4.36. The predicted octanol–water partition coefficient (Wildman–Crippen LogP) is 3.00. The van der Waals surface area contributed by atoms with Crippen molar-refractivity contribution in [3.63, 3.8) is 0 Å². The van der Waals surface area contributed by atoms with Gasteiger partial charge in [-0.1, -0.05) is 35.5 Å². The summed E-state index contributed by atoms with van der Waals surface area (Å²) in [5, 5.41) is 10.2. The van der Waals surface area contributed by atoms with Crippen LogP contribution in [0.3, 0.4) is 0 Å². The fraction of sp³-hybridized carbons (Fsp3) is 0.190. The number of aromatic nitrogens is 5. The summed E-state index contributed by atoms with van der Waals surface area (Å²) >= 11 is 0. The van der Waals surface area contributed by atoms with Crippen molar-refractivity contribution < 1.29 is 18.0 Å². The first-order chi connectivity index (χ1) is 15.2. The summed E-state index contributed by atoms with van der Waals surface area (Å²) in [6.07, 6.45) is -3.34. The minimum absolute atomic E-state index is 0.00653. The Morgan fingerprint density at radius 1 is 1.12 bits per heavy atom. The second-order valence-electron chi connectivity index (χ2n) is 7.15. The highest BCUT2D eigenvalue weighted by Crippen LogP contribution is 2.30. The molecule has 0 aliphatic rings. The Kier molecular flexibility index (Phi) is 5.47. The van der Waals surface area contributed by atoms with Gasteiger partial charge >= 0.3 is 6.18 Å². The predicted molar refractivity (Wildman–Crippen MR) is 110 cm³/mol. The summed E-state index contributed by atoms with van der Waals surface area (Å²) in [4.78, 5) is 29.2. The van der Waals surface area contributed by atoms with Crippen molar-refractivity contribution in [2.24, 2.45) is 0 Å². The molecule has 0 aliphatic heterocycles. The van der Waals surface area contributed by atoms with Gasteiger partial charge in [0.2, 0.25) is 5.91 Å². The van der Waals surface area contributed by atoms with Crippen LogP contribution in [0.15, 0.2) is 59.7 Å². The number of rotatable bonds is 5. The summed E-state index contributed by atoms with van der Waals surface area (Å²) < 4.78 is 41.0. The standard InChI is InChI=1S/C21H17F3N6O2/c1-13-5-2-3-6-14(13)10-30-19-18(27-28-30)20(32)29(12-25-19)11-17(31)26-16-8-4-7-15(9-16)21(22,23)24/h2-9,12H,10-11H2,1H3,(H,26,31). The minimum Gasteiger partial charge on any atom is -0.325 e. The molecule has 0 aliphatic carbocycles.